The van der Waals surface area contributed by atoms with Gasteiger partial charge in [0.2, 0.25) is 11.8 Å². The molecule has 0 amide bonds. The lowest BCUT2D eigenvalue weighted by atomic mass is 10.2. The third-order valence-corrected chi connectivity index (χ3v) is 5.14. The molecule has 0 spiro atoms. The Morgan fingerprint density at radius 2 is 1.75 bits per heavy atom. The lowest BCUT2D eigenvalue weighted by Crippen LogP contribution is -2.46. The molecule has 0 bridgehead atoms. The van der Waals surface area contributed by atoms with Crippen molar-refractivity contribution in [3.05, 3.63) is 59.4 Å². The molecular weight excluding hydrogens is 376 g/mol. The molecular formula is C21H23ClN4O2. The number of halogens is 1. The van der Waals surface area contributed by atoms with Crippen molar-refractivity contribution in [1.29, 1.82) is 0 Å². The molecule has 0 saturated carbocycles. The molecule has 28 heavy (non-hydrogen) atoms. The number of ether oxygens (including phenoxy) is 1. The highest BCUT2D eigenvalue weighted by Crippen LogP contribution is 2.29. The first kappa shape index (κ1) is 18.8. The van der Waals surface area contributed by atoms with Gasteiger partial charge in [-0.25, -0.2) is 0 Å². The van der Waals surface area contributed by atoms with Crippen molar-refractivity contribution >= 4 is 17.3 Å². The van der Waals surface area contributed by atoms with Crippen LogP contribution in [-0.4, -0.2) is 47.9 Å². The van der Waals surface area contributed by atoms with Crippen LogP contribution in [0.2, 0.25) is 5.02 Å². The number of hydrogen-bond acceptors (Lipinski definition) is 6. The molecule has 2 heterocycles. The second-order valence-corrected chi connectivity index (χ2v) is 7.05. The third kappa shape index (κ3) is 4.13. The SMILES string of the molecule is CCOc1ccccc1N1CCN(Cc2nnc(-c3ccccc3Cl)o2)CC1. The normalized spacial score (nSPS) is 15.0. The Kier molecular flexibility index (Phi) is 5.78. The summed E-state index contributed by atoms with van der Waals surface area (Å²) >= 11 is 6.22. The van der Waals surface area contributed by atoms with Gasteiger partial charge < -0.3 is 14.1 Å². The van der Waals surface area contributed by atoms with Crippen molar-refractivity contribution in [3.8, 4) is 17.2 Å². The van der Waals surface area contributed by atoms with Crippen LogP contribution in [0.3, 0.4) is 0 Å². The van der Waals surface area contributed by atoms with Gasteiger partial charge >= 0.3 is 0 Å². The molecule has 0 atom stereocenters. The van der Waals surface area contributed by atoms with Gasteiger partial charge in [-0.15, -0.1) is 10.2 Å². The van der Waals surface area contributed by atoms with Gasteiger partial charge in [0.05, 0.1) is 29.4 Å². The zero-order chi connectivity index (χ0) is 19.3. The van der Waals surface area contributed by atoms with Gasteiger partial charge in [0.1, 0.15) is 5.75 Å². The zero-order valence-corrected chi connectivity index (χ0v) is 16.6. The van der Waals surface area contributed by atoms with Gasteiger partial charge in [-0.1, -0.05) is 35.9 Å². The molecule has 1 aliphatic heterocycles. The minimum Gasteiger partial charge on any atom is -0.492 e. The van der Waals surface area contributed by atoms with Crippen molar-refractivity contribution in [2.75, 3.05) is 37.7 Å². The maximum Gasteiger partial charge on any atom is 0.249 e. The summed E-state index contributed by atoms with van der Waals surface area (Å²) in [6.07, 6.45) is 0. The minimum atomic E-state index is 0.463. The second kappa shape index (κ2) is 8.63. The van der Waals surface area contributed by atoms with E-state index >= 15 is 0 Å². The highest BCUT2D eigenvalue weighted by molar-refractivity contribution is 6.33. The fourth-order valence-corrected chi connectivity index (χ4v) is 3.61. The maximum atomic E-state index is 6.22. The van der Waals surface area contributed by atoms with Crippen LogP contribution in [0.5, 0.6) is 5.75 Å². The molecule has 3 aromatic rings. The predicted molar refractivity (Wildman–Crippen MR) is 110 cm³/mol. The molecule has 7 heteroatoms. The van der Waals surface area contributed by atoms with E-state index in [1.807, 2.05) is 43.3 Å². The van der Waals surface area contributed by atoms with Crippen molar-refractivity contribution in [3.63, 3.8) is 0 Å². The molecule has 0 N–H and O–H groups in total. The fraction of sp³-hybridized carbons (Fsp3) is 0.333. The molecule has 0 radical (unpaired) electrons. The van der Waals surface area contributed by atoms with E-state index in [-0.39, 0.29) is 0 Å². The van der Waals surface area contributed by atoms with Crippen molar-refractivity contribution < 1.29 is 9.15 Å². The van der Waals surface area contributed by atoms with Crippen molar-refractivity contribution in [2.45, 2.75) is 13.5 Å². The molecule has 4 rings (SSSR count). The maximum absolute atomic E-state index is 6.22. The van der Waals surface area contributed by atoms with E-state index in [1.165, 1.54) is 0 Å². The highest BCUT2D eigenvalue weighted by atomic mass is 35.5. The average Bonchev–Trinajstić information content (AvgIpc) is 3.18. The molecule has 0 unspecified atom stereocenters. The van der Waals surface area contributed by atoms with Gasteiger partial charge in [0.15, 0.2) is 0 Å². The largest absolute Gasteiger partial charge is 0.492 e. The van der Waals surface area contributed by atoms with Gasteiger partial charge in [-0.2, -0.15) is 0 Å². The Hall–Kier alpha value is -2.57. The molecule has 1 saturated heterocycles. The van der Waals surface area contributed by atoms with E-state index < -0.39 is 0 Å². The standard InChI is InChI=1S/C21H23ClN4O2/c1-2-27-19-10-6-5-9-18(19)26-13-11-25(12-14-26)15-20-23-24-21(28-20)16-7-3-4-8-17(16)22/h3-10H,2,11-15H2,1H3. The smallest absolute Gasteiger partial charge is 0.249 e. The first-order valence-electron chi connectivity index (χ1n) is 9.51. The van der Waals surface area contributed by atoms with Crippen molar-refractivity contribution in [2.24, 2.45) is 0 Å². The van der Waals surface area contributed by atoms with E-state index in [4.69, 9.17) is 20.8 Å². The monoisotopic (exact) mass is 398 g/mol. The van der Waals surface area contributed by atoms with Crippen LogP contribution in [0.4, 0.5) is 5.69 Å². The molecule has 1 aliphatic rings. The van der Waals surface area contributed by atoms with Gasteiger partial charge in [0.25, 0.3) is 0 Å². The van der Waals surface area contributed by atoms with Crippen LogP contribution in [0.1, 0.15) is 12.8 Å². The summed E-state index contributed by atoms with van der Waals surface area (Å²) in [6, 6.07) is 15.7. The molecule has 1 fully saturated rings. The molecule has 146 valence electrons. The summed E-state index contributed by atoms with van der Waals surface area (Å²) in [5.74, 6) is 2.02. The highest BCUT2D eigenvalue weighted by Gasteiger charge is 2.21. The summed E-state index contributed by atoms with van der Waals surface area (Å²) in [7, 11) is 0. The average molecular weight is 399 g/mol. The summed E-state index contributed by atoms with van der Waals surface area (Å²) in [4.78, 5) is 4.69. The van der Waals surface area contributed by atoms with Gasteiger partial charge in [-0.05, 0) is 31.2 Å². The van der Waals surface area contributed by atoms with Crippen molar-refractivity contribution in [1.82, 2.24) is 15.1 Å². The van der Waals surface area contributed by atoms with Crippen LogP contribution >= 0.6 is 11.6 Å². The lowest BCUT2D eigenvalue weighted by Gasteiger charge is -2.36. The summed E-state index contributed by atoms with van der Waals surface area (Å²) in [6.45, 7) is 7.01. The Labute approximate surface area is 169 Å². The number of rotatable bonds is 6. The first-order valence-corrected chi connectivity index (χ1v) is 9.89. The summed E-state index contributed by atoms with van der Waals surface area (Å²) < 4.78 is 11.6. The summed E-state index contributed by atoms with van der Waals surface area (Å²) in [5.41, 5.74) is 1.92. The topological polar surface area (TPSA) is 54.6 Å². The Bertz CT molecular complexity index is 922. The van der Waals surface area contributed by atoms with Gasteiger partial charge in [0, 0.05) is 26.2 Å². The zero-order valence-electron chi connectivity index (χ0n) is 15.8. The number of hydrogen-bond donors (Lipinski definition) is 0. The van der Waals surface area contributed by atoms with E-state index in [2.05, 4.69) is 32.1 Å². The minimum absolute atomic E-state index is 0.463. The van der Waals surface area contributed by atoms with Crippen LogP contribution < -0.4 is 9.64 Å². The molecule has 6 nitrogen and oxygen atoms in total. The lowest BCUT2D eigenvalue weighted by molar-refractivity contribution is 0.226. The van der Waals surface area contributed by atoms with Gasteiger partial charge in [-0.3, -0.25) is 4.90 Å². The Morgan fingerprint density at radius 3 is 2.54 bits per heavy atom. The van der Waals surface area contributed by atoms with Crippen LogP contribution in [-0.2, 0) is 6.54 Å². The van der Waals surface area contributed by atoms with Crippen LogP contribution in [0.15, 0.2) is 52.9 Å². The molecule has 0 aliphatic carbocycles. The first-order chi connectivity index (χ1) is 13.7. The van der Waals surface area contributed by atoms with E-state index in [1.54, 1.807) is 0 Å². The quantitative estimate of drug-likeness (QED) is 0.622. The Balaban J connectivity index is 1.37. The fourth-order valence-electron chi connectivity index (χ4n) is 3.40. The molecule has 1 aromatic heterocycles. The van der Waals surface area contributed by atoms with Crippen LogP contribution in [0, 0.1) is 0 Å². The van der Waals surface area contributed by atoms with E-state index in [0.29, 0.717) is 30.0 Å². The summed E-state index contributed by atoms with van der Waals surface area (Å²) in [5, 5.41) is 8.96. The Morgan fingerprint density at radius 1 is 1.00 bits per heavy atom. The number of benzene rings is 2. The third-order valence-electron chi connectivity index (χ3n) is 4.81. The van der Waals surface area contributed by atoms with Crippen LogP contribution in [0.25, 0.3) is 11.5 Å². The second-order valence-electron chi connectivity index (χ2n) is 6.64. The van der Waals surface area contributed by atoms with E-state index in [0.717, 1.165) is 43.2 Å². The number of aromatic nitrogens is 2. The molecule has 2 aromatic carbocycles. The van der Waals surface area contributed by atoms with E-state index in [9.17, 15) is 0 Å². The predicted octanol–water partition coefficient (Wildman–Crippen LogP) is 4.11. The number of anilines is 1. The number of piperazine rings is 1. The number of para-hydroxylation sites is 2. The number of nitrogens with zero attached hydrogens (tertiary/aromatic N) is 4.